The molecule has 0 saturated heterocycles. The van der Waals surface area contributed by atoms with Gasteiger partial charge in [-0.25, -0.2) is 5.43 Å². The highest BCUT2D eigenvalue weighted by Crippen LogP contribution is 2.15. The average Bonchev–Trinajstić information content (AvgIpc) is 2.57. The molecule has 0 aromatic heterocycles. The van der Waals surface area contributed by atoms with Crippen molar-refractivity contribution in [2.45, 2.75) is 13.8 Å². The third-order valence-corrected chi connectivity index (χ3v) is 3.55. The molecule has 0 aliphatic rings. The minimum atomic E-state index is -0.445. The number of carbonyl (C=O) groups excluding carboxylic acids is 1. The van der Waals surface area contributed by atoms with Crippen LogP contribution in [0.25, 0.3) is 0 Å². The zero-order valence-corrected chi connectivity index (χ0v) is 13.4. The number of aromatic hydroxyl groups is 1. The largest absolute Gasteiger partial charge is 0.507 e. The average molecular weight is 311 g/mol. The van der Waals surface area contributed by atoms with Gasteiger partial charge in [-0.05, 0) is 43.7 Å². The van der Waals surface area contributed by atoms with Gasteiger partial charge in [0.1, 0.15) is 5.75 Å². The van der Waals surface area contributed by atoms with Crippen LogP contribution in [-0.2, 0) is 0 Å². The topological polar surface area (TPSA) is 64.9 Å². The van der Waals surface area contributed by atoms with Gasteiger partial charge < -0.3 is 10.0 Å². The lowest BCUT2D eigenvalue weighted by Gasteiger charge is -2.20. The number of hydrogen-bond acceptors (Lipinski definition) is 4. The molecule has 23 heavy (non-hydrogen) atoms. The molecule has 1 amide bonds. The van der Waals surface area contributed by atoms with E-state index in [1.165, 1.54) is 6.07 Å². The molecule has 0 atom stereocenters. The van der Waals surface area contributed by atoms with Crippen LogP contribution in [0.4, 0.5) is 5.69 Å². The number of para-hydroxylation sites is 1. The van der Waals surface area contributed by atoms with Gasteiger partial charge in [-0.3, -0.25) is 4.79 Å². The number of nitrogens with zero attached hydrogens (tertiary/aromatic N) is 2. The Kier molecular flexibility index (Phi) is 5.74. The van der Waals surface area contributed by atoms with Crippen LogP contribution in [-0.4, -0.2) is 30.3 Å². The van der Waals surface area contributed by atoms with E-state index in [-0.39, 0.29) is 11.3 Å². The Morgan fingerprint density at radius 2 is 1.78 bits per heavy atom. The maximum Gasteiger partial charge on any atom is 0.275 e. The van der Waals surface area contributed by atoms with Crippen molar-refractivity contribution < 1.29 is 9.90 Å². The summed E-state index contributed by atoms with van der Waals surface area (Å²) in [5.41, 5.74) is 4.65. The Labute approximate surface area is 136 Å². The second-order valence-electron chi connectivity index (χ2n) is 4.98. The highest BCUT2D eigenvalue weighted by atomic mass is 16.3. The maximum atomic E-state index is 11.9. The van der Waals surface area contributed by atoms with Crippen LogP contribution >= 0.6 is 0 Å². The molecule has 5 heteroatoms. The number of benzene rings is 2. The fourth-order valence-electron chi connectivity index (χ4n) is 2.25. The maximum absolute atomic E-state index is 11.9. The molecule has 2 aromatic carbocycles. The normalized spacial score (nSPS) is 10.7. The summed E-state index contributed by atoms with van der Waals surface area (Å²) in [7, 11) is 0. The van der Waals surface area contributed by atoms with Crippen molar-refractivity contribution in [1.82, 2.24) is 5.43 Å². The van der Waals surface area contributed by atoms with Gasteiger partial charge in [0.25, 0.3) is 5.91 Å². The van der Waals surface area contributed by atoms with Crippen LogP contribution in [0.1, 0.15) is 29.8 Å². The lowest BCUT2D eigenvalue weighted by atomic mass is 10.2. The summed E-state index contributed by atoms with van der Waals surface area (Å²) in [5, 5.41) is 13.5. The van der Waals surface area contributed by atoms with Crippen LogP contribution in [0.2, 0.25) is 0 Å². The highest BCUT2D eigenvalue weighted by molar-refractivity contribution is 5.97. The lowest BCUT2D eigenvalue weighted by Crippen LogP contribution is -2.21. The molecule has 2 N–H and O–H groups in total. The van der Waals surface area contributed by atoms with Gasteiger partial charge in [-0.1, -0.05) is 24.3 Å². The number of carbonyl (C=O) groups is 1. The minimum absolute atomic E-state index is 0.0659. The smallest absolute Gasteiger partial charge is 0.275 e. The van der Waals surface area contributed by atoms with Gasteiger partial charge in [0.05, 0.1) is 11.8 Å². The number of hydrogen-bond donors (Lipinski definition) is 2. The van der Waals surface area contributed by atoms with E-state index >= 15 is 0 Å². The summed E-state index contributed by atoms with van der Waals surface area (Å²) in [4.78, 5) is 14.1. The Morgan fingerprint density at radius 1 is 1.13 bits per heavy atom. The number of hydrazone groups is 1. The molecule has 2 rings (SSSR count). The summed E-state index contributed by atoms with van der Waals surface area (Å²) in [5.74, 6) is -0.511. The van der Waals surface area contributed by atoms with E-state index in [1.54, 1.807) is 24.4 Å². The molecule has 0 unspecified atom stereocenters. The molecule has 5 nitrogen and oxygen atoms in total. The van der Waals surface area contributed by atoms with Crippen molar-refractivity contribution >= 4 is 17.8 Å². The summed E-state index contributed by atoms with van der Waals surface area (Å²) >= 11 is 0. The molecule has 0 saturated carbocycles. The number of phenols is 1. The molecule has 0 heterocycles. The van der Waals surface area contributed by atoms with Gasteiger partial charge in [0.2, 0.25) is 0 Å². The van der Waals surface area contributed by atoms with Crippen LogP contribution in [0.15, 0.2) is 53.6 Å². The summed E-state index contributed by atoms with van der Waals surface area (Å²) in [6, 6.07) is 14.3. The molecule has 0 radical (unpaired) electrons. The zero-order chi connectivity index (χ0) is 16.7. The first-order valence-corrected chi connectivity index (χ1v) is 7.62. The summed E-state index contributed by atoms with van der Waals surface area (Å²) in [6.45, 7) is 6.15. The molecule has 120 valence electrons. The first-order chi connectivity index (χ1) is 11.2. The first kappa shape index (κ1) is 16.5. The van der Waals surface area contributed by atoms with E-state index in [4.69, 9.17) is 0 Å². The molecule has 0 fully saturated rings. The Balaban J connectivity index is 1.98. The van der Waals surface area contributed by atoms with Gasteiger partial charge >= 0.3 is 0 Å². The van der Waals surface area contributed by atoms with E-state index < -0.39 is 5.91 Å². The van der Waals surface area contributed by atoms with Gasteiger partial charge in [0, 0.05) is 18.8 Å². The van der Waals surface area contributed by atoms with Crippen LogP contribution < -0.4 is 10.3 Å². The fraction of sp³-hybridized carbons (Fsp3) is 0.222. The van der Waals surface area contributed by atoms with Gasteiger partial charge in [-0.2, -0.15) is 5.10 Å². The van der Waals surface area contributed by atoms with E-state index in [2.05, 4.69) is 29.3 Å². The number of amides is 1. The van der Waals surface area contributed by atoms with Crippen molar-refractivity contribution in [3.8, 4) is 5.75 Å². The first-order valence-electron chi connectivity index (χ1n) is 7.62. The number of rotatable bonds is 6. The monoisotopic (exact) mass is 311 g/mol. The molecular weight excluding hydrogens is 290 g/mol. The fourth-order valence-corrected chi connectivity index (χ4v) is 2.25. The van der Waals surface area contributed by atoms with Crippen molar-refractivity contribution in [2.24, 2.45) is 5.10 Å². The van der Waals surface area contributed by atoms with Crippen LogP contribution in [0, 0.1) is 0 Å². The van der Waals surface area contributed by atoms with Crippen molar-refractivity contribution in [1.29, 1.82) is 0 Å². The third-order valence-electron chi connectivity index (χ3n) is 3.55. The number of anilines is 1. The quantitative estimate of drug-likeness (QED) is 0.636. The predicted molar refractivity (Wildman–Crippen MR) is 93.2 cm³/mol. The molecular formula is C18H21N3O2. The summed E-state index contributed by atoms with van der Waals surface area (Å²) in [6.07, 6.45) is 1.57. The van der Waals surface area contributed by atoms with Crippen molar-refractivity contribution in [3.05, 3.63) is 59.7 Å². The second kappa shape index (κ2) is 7.98. The van der Waals surface area contributed by atoms with Crippen LogP contribution in [0.5, 0.6) is 5.75 Å². The third kappa shape index (κ3) is 4.32. The van der Waals surface area contributed by atoms with Crippen LogP contribution in [0.3, 0.4) is 0 Å². The highest BCUT2D eigenvalue weighted by Gasteiger charge is 2.08. The predicted octanol–water partition coefficient (Wildman–Crippen LogP) is 3.00. The number of nitrogens with one attached hydrogen (secondary N) is 1. The summed E-state index contributed by atoms with van der Waals surface area (Å²) < 4.78 is 0. The molecule has 0 aliphatic heterocycles. The van der Waals surface area contributed by atoms with E-state index in [0.29, 0.717) is 0 Å². The Hall–Kier alpha value is -2.82. The van der Waals surface area contributed by atoms with Crippen molar-refractivity contribution in [2.75, 3.05) is 18.0 Å². The lowest BCUT2D eigenvalue weighted by molar-refractivity contribution is 0.0952. The standard InChI is InChI=1S/C18H21N3O2/c1-3-21(4-2)15-11-9-14(10-12-15)13-19-20-18(23)16-7-5-6-8-17(16)22/h5-13,22H,3-4H2,1-2H3,(H,20,23)/b19-13-. The van der Waals surface area contributed by atoms with Gasteiger partial charge in [-0.15, -0.1) is 0 Å². The van der Waals surface area contributed by atoms with E-state index in [9.17, 15) is 9.90 Å². The number of phenolic OH excluding ortho intramolecular Hbond substituents is 1. The zero-order valence-electron chi connectivity index (χ0n) is 13.4. The molecule has 0 bridgehead atoms. The van der Waals surface area contributed by atoms with E-state index in [0.717, 1.165) is 24.3 Å². The molecule has 0 aliphatic carbocycles. The minimum Gasteiger partial charge on any atom is -0.507 e. The Bertz CT molecular complexity index is 677. The SMILES string of the molecule is CCN(CC)c1ccc(/C=N\NC(=O)c2ccccc2O)cc1. The molecule has 0 spiro atoms. The van der Waals surface area contributed by atoms with E-state index in [1.807, 2.05) is 24.3 Å². The van der Waals surface area contributed by atoms with Crippen molar-refractivity contribution in [3.63, 3.8) is 0 Å². The second-order valence-corrected chi connectivity index (χ2v) is 4.98. The van der Waals surface area contributed by atoms with Gasteiger partial charge in [0.15, 0.2) is 0 Å². The Morgan fingerprint density at radius 3 is 2.39 bits per heavy atom. The molecule has 2 aromatic rings.